The van der Waals surface area contributed by atoms with E-state index in [-0.39, 0.29) is 0 Å². The van der Waals surface area contributed by atoms with Crippen LogP contribution in [0.4, 0.5) is 0 Å². The fraction of sp³-hybridized carbons (Fsp3) is 0.111. The Kier molecular flexibility index (Phi) is 2.27. The Morgan fingerprint density at radius 3 is 2.40 bits per heavy atom. The number of nitrogens with zero attached hydrogens (tertiary/aromatic N) is 1. The van der Waals surface area contributed by atoms with Crippen LogP contribution in [0.2, 0.25) is 0 Å². The Hall–Kier alpha value is -2.48. The van der Waals surface area contributed by atoms with Crippen LogP contribution >= 0.6 is 0 Å². The third-order valence-corrected chi connectivity index (χ3v) is 4.10. The van der Waals surface area contributed by atoms with Gasteiger partial charge in [-0.3, -0.25) is 0 Å². The topological polar surface area (TPSA) is 20.7 Å². The van der Waals surface area contributed by atoms with Crippen molar-refractivity contribution >= 4 is 21.9 Å². The molecule has 0 spiro atoms. The molecular weight excluding hydrogens is 244 g/mol. The molecule has 0 unspecified atom stereocenters. The second-order valence-electron chi connectivity index (χ2n) is 5.29. The number of fused-ring (bicyclic) bond motifs is 3. The first-order valence-electron chi connectivity index (χ1n) is 6.88. The van der Waals surface area contributed by atoms with Crippen molar-refractivity contribution in [1.29, 1.82) is 0 Å². The van der Waals surface area contributed by atoms with Gasteiger partial charge in [0.05, 0.1) is 5.52 Å². The van der Waals surface area contributed by atoms with Gasteiger partial charge in [-0.05, 0) is 18.6 Å². The second-order valence-corrected chi connectivity index (χ2v) is 5.29. The molecular formula is C18H16N2. The molecule has 0 saturated carbocycles. The van der Waals surface area contributed by atoms with E-state index < -0.39 is 0 Å². The number of rotatable bonds is 1. The van der Waals surface area contributed by atoms with Gasteiger partial charge in [0.15, 0.2) is 0 Å². The highest BCUT2D eigenvalue weighted by atomic mass is 15.0. The summed E-state index contributed by atoms with van der Waals surface area (Å²) in [5, 5.41) is 2.64. The van der Waals surface area contributed by atoms with Crippen LogP contribution in [0, 0.1) is 6.92 Å². The highest BCUT2D eigenvalue weighted by molar-refractivity contribution is 6.15. The van der Waals surface area contributed by atoms with Gasteiger partial charge in [-0.15, -0.1) is 0 Å². The molecule has 0 aliphatic heterocycles. The van der Waals surface area contributed by atoms with Crippen molar-refractivity contribution in [3.05, 3.63) is 60.3 Å². The fourth-order valence-corrected chi connectivity index (χ4v) is 3.19. The predicted octanol–water partition coefficient (Wildman–Crippen LogP) is 4.64. The molecule has 0 aliphatic carbocycles. The summed E-state index contributed by atoms with van der Waals surface area (Å²) in [5.41, 5.74) is 6.28. The van der Waals surface area contributed by atoms with Crippen LogP contribution in [-0.2, 0) is 7.05 Å². The van der Waals surface area contributed by atoms with Crippen LogP contribution in [0.1, 0.15) is 5.69 Å². The molecule has 2 heteroatoms. The van der Waals surface area contributed by atoms with E-state index in [0.29, 0.717) is 0 Å². The van der Waals surface area contributed by atoms with E-state index in [1.807, 2.05) is 0 Å². The molecule has 98 valence electrons. The zero-order chi connectivity index (χ0) is 13.7. The lowest BCUT2D eigenvalue weighted by molar-refractivity contribution is 0.989. The summed E-state index contributed by atoms with van der Waals surface area (Å²) < 4.78 is 2.24. The summed E-state index contributed by atoms with van der Waals surface area (Å²) in [6, 6.07) is 19.2. The van der Waals surface area contributed by atoms with E-state index >= 15 is 0 Å². The number of aryl methyl sites for hydroxylation is 2. The highest BCUT2D eigenvalue weighted by Gasteiger charge is 2.17. The Morgan fingerprint density at radius 2 is 1.60 bits per heavy atom. The molecule has 0 fully saturated rings. The van der Waals surface area contributed by atoms with Gasteiger partial charge in [-0.2, -0.15) is 0 Å². The lowest BCUT2D eigenvalue weighted by atomic mass is 10.0. The number of aromatic nitrogens is 2. The molecule has 2 aromatic carbocycles. The Morgan fingerprint density at radius 1 is 0.900 bits per heavy atom. The average Bonchev–Trinajstić information content (AvgIpc) is 2.96. The lowest BCUT2D eigenvalue weighted by Gasteiger charge is -2.02. The molecule has 2 heterocycles. The van der Waals surface area contributed by atoms with Gasteiger partial charge >= 0.3 is 0 Å². The highest BCUT2D eigenvalue weighted by Crippen LogP contribution is 2.38. The van der Waals surface area contributed by atoms with E-state index in [4.69, 9.17) is 0 Å². The van der Waals surface area contributed by atoms with Crippen LogP contribution in [0.5, 0.6) is 0 Å². The summed E-state index contributed by atoms with van der Waals surface area (Å²) in [6.07, 6.45) is 0. The van der Waals surface area contributed by atoms with Crippen molar-refractivity contribution in [2.75, 3.05) is 0 Å². The molecule has 2 aromatic heterocycles. The number of hydrogen-bond acceptors (Lipinski definition) is 0. The van der Waals surface area contributed by atoms with E-state index in [0.717, 1.165) is 0 Å². The Bertz CT molecular complexity index is 911. The lowest BCUT2D eigenvalue weighted by Crippen LogP contribution is -1.87. The van der Waals surface area contributed by atoms with Crippen molar-refractivity contribution in [2.24, 2.45) is 7.05 Å². The van der Waals surface area contributed by atoms with Gasteiger partial charge in [0, 0.05) is 29.1 Å². The molecule has 0 amide bonds. The summed E-state index contributed by atoms with van der Waals surface area (Å²) in [7, 11) is 2.12. The van der Waals surface area contributed by atoms with Crippen LogP contribution in [0.25, 0.3) is 33.1 Å². The minimum atomic E-state index is 1.20. The minimum Gasteiger partial charge on any atom is -0.344 e. The zero-order valence-electron chi connectivity index (χ0n) is 11.6. The monoisotopic (exact) mass is 260 g/mol. The smallest absolute Gasteiger partial charge is 0.119 e. The van der Waals surface area contributed by atoms with Gasteiger partial charge < -0.3 is 9.55 Å². The fourth-order valence-electron chi connectivity index (χ4n) is 3.19. The first-order valence-corrected chi connectivity index (χ1v) is 6.88. The molecule has 0 atom stereocenters. The van der Waals surface area contributed by atoms with E-state index in [2.05, 4.69) is 78.1 Å². The third kappa shape index (κ3) is 1.39. The first kappa shape index (κ1) is 11.4. The molecule has 0 bridgehead atoms. The van der Waals surface area contributed by atoms with Gasteiger partial charge in [-0.25, -0.2) is 0 Å². The maximum Gasteiger partial charge on any atom is 0.119 e. The standard InChI is InChI=1S/C18H16N2/c1-12-16(13-8-4-3-5-9-13)17-14-10-6-7-11-15(14)20(2)18(17)19-12/h3-11,19H,1-2H3. The third-order valence-electron chi connectivity index (χ3n) is 4.10. The summed E-state index contributed by atoms with van der Waals surface area (Å²) >= 11 is 0. The van der Waals surface area contributed by atoms with Crippen molar-refractivity contribution in [1.82, 2.24) is 9.55 Å². The molecule has 20 heavy (non-hydrogen) atoms. The van der Waals surface area contributed by atoms with Gasteiger partial charge in [-0.1, -0.05) is 48.5 Å². The van der Waals surface area contributed by atoms with Crippen molar-refractivity contribution < 1.29 is 0 Å². The molecule has 0 aliphatic rings. The first-order chi connectivity index (χ1) is 9.77. The molecule has 0 saturated heterocycles. The summed E-state index contributed by atoms with van der Waals surface area (Å²) in [4.78, 5) is 3.55. The predicted molar refractivity (Wildman–Crippen MR) is 84.9 cm³/mol. The average molecular weight is 260 g/mol. The van der Waals surface area contributed by atoms with Crippen molar-refractivity contribution in [3.63, 3.8) is 0 Å². The van der Waals surface area contributed by atoms with Gasteiger partial charge in [0.25, 0.3) is 0 Å². The number of benzene rings is 2. The molecule has 2 nitrogen and oxygen atoms in total. The quantitative estimate of drug-likeness (QED) is 0.515. The zero-order valence-corrected chi connectivity index (χ0v) is 11.6. The van der Waals surface area contributed by atoms with Crippen LogP contribution in [-0.4, -0.2) is 9.55 Å². The summed E-state index contributed by atoms with van der Waals surface area (Å²) in [5.74, 6) is 0. The Labute approximate surface area is 117 Å². The number of H-pyrrole nitrogens is 1. The molecule has 1 N–H and O–H groups in total. The van der Waals surface area contributed by atoms with Crippen LogP contribution in [0.15, 0.2) is 54.6 Å². The van der Waals surface area contributed by atoms with E-state index in [1.54, 1.807) is 0 Å². The Balaban J connectivity index is 2.21. The minimum absolute atomic E-state index is 1.20. The SMILES string of the molecule is Cc1[nH]c2c(c1-c1ccccc1)c1ccccc1n2C. The number of nitrogens with one attached hydrogen (secondary N) is 1. The van der Waals surface area contributed by atoms with E-state index in [9.17, 15) is 0 Å². The van der Waals surface area contributed by atoms with Gasteiger partial charge in [0.1, 0.15) is 5.65 Å². The van der Waals surface area contributed by atoms with Gasteiger partial charge in [0.2, 0.25) is 0 Å². The molecule has 4 aromatic rings. The molecule has 0 radical (unpaired) electrons. The normalized spacial score (nSPS) is 11.5. The number of para-hydroxylation sites is 1. The van der Waals surface area contributed by atoms with Crippen molar-refractivity contribution in [3.8, 4) is 11.1 Å². The number of aromatic amines is 1. The maximum atomic E-state index is 3.55. The van der Waals surface area contributed by atoms with Crippen LogP contribution < -0.4 is 0 Å². The van der Waals surface area contributed by atoms with Crippen molar-refractivity contribution in [2.45, 2.75) is 6.92 Å². The second kappa shape index (κ2) is 4.01. The molecule has 4 rings (SSSR count). The van der Waals surface area contributed by atoms with E-state index in [1.165, 1.54) is 38.8 Å². The summed E-state index contributed by atoms with van der Waals surface area (Å²) in [6.45, 7) is 2.15. The van der Waals surface area contributed by atoms with Crippen LogP contribution in [0.3, 0.4) is 0 Å². The largest absolute Gasteiger partial charge is 0.344 e. The maximum absolute atomic E-state index is 3.55. The number of hydrogen-bond donors (Lipinski definition) is 1.